The zero-order chi connectivity index (χ0) is 16.9. The van der Waals surface area contributed by atoms with Crippen molar-refractivity contribution < 1.29 is 14.3 Å². The summed E-state index contributed by atoms with van der Waals surface area (Å²) in [4.78, 5) is 28.5. The summed E-state index contributed by atoms with van der Waals surface area (Å²) in [6.45, 7) is 4.99. The van der Waals surface area contributed by atoms with E-state index in [4.69, 9.17) is 4.74 Å². The van der Waals surface area contributed by atoms with E-state index in [9.17, 15) is 9.59 Å². The fraction of sp³-hybridized carbons (Fsp3) is 0.529. The van der Waals surface area contributed by atoms with Gasteiger partial charge in [-0.1, -0.05) is 13.0 Å². The Balaban J connectivity index is 1.67. The molecule has 1 N–H and O–H groups in total. The van der Waals surface area contributed by atoms with Crippen molar-refractivity contribution in [3.8, 4) is 0 Å². The number of hydrogen-bond donors (Lipinski definition) is 1. The van der Waals surface area contributed by atoms with Crippen LogP contribution in [0.2, 0.25) is 0 Å². The highest BCUT2D eigenvalue weighted by Crippen LogP contribution is 2.24. The van der Waals surface area contributed by atoms with Gasteiger partial charge < -0.3 is 19.9 Å². The lowest BCUT2D eigenvalue weighted by molar-refractivity contribution is -0.135. The number of rotatable bonds is 4. The van der Waals surface area contributed by atoms with E-state index < -0.39 is 0 Å². The number of amides is 2. The number of nitrogens with zero attached hydrogens (tertiary/aromatic N) is 2. The van der Waals surface area contributed by atoms with Gasteiger partial charge in [-0.2, -0.15) is 0 Å². The van der Waals surface area contributed by atoms with Crippen LogP contribution in [0, 0.1) is 0 Å². The first kappa shape index (κ1) is 17.1. The van der Waals surface area contributed by atoms with Crippen LogP contribution in [0.4, 0.5) is 11.4 Å². The lowest BCUT2D eigenvalue weighted by atomic mass is 10.2. The second-order valence-electron chi connectivity index (χ2n) is 5.87. The van der Waals surface area contributed by atoms with E-state index in [1.54, 1.807) is 16.7 Å². The molecule has 2 heterocycles. The van der Waals surface area contributed by atoms with Crippen LogP contribution in [-0.4, -0.2) is 60.7 Å². The maximum atomic E-state index is 12.6. The van der Waals surface area contributed by atoms with Gasteiger partial charge in [0.2, 0.25) is 11.8 Å². The van der Waals surface area contributed by atoms with E-state index in [1.807, 2.05) is 31.2 Å². The number of ether oxygens (including phenoxy) is 1. The zero-order valence-corrected chi connectivity index (χ0v) is 14.7. The van der Waals surface area contributed by atoms with Crippen molar-refractivity contribution in [1.29, 1.82) is 0 Å². The Morgan fingerprint density at radius 3 is 2.88 bits per heavy atom. The molecule has 1 aromatic rings. The van der Waals surface area contributed by atoms with Crippen molar-refractivity contribution in [3.63, 3.8) is 0 Å². The molecule has 0 radical (unpaired) electrons. The molecular formula is C17H23N3O3S. The minimum Gasteiger partial charge on any atom is -0.378 e. The van der Waals surface area contributed by atoms with Crippen molar-refractivity contribution in [2.24, 2.45) is 0 Å². The summed E-state index contributed by atoms with van der Waals surface area (Å²) in [5.41, 5.74) is 1.85. The highest BCUT2D eigenvalue weighted by molar-refractivity contribution is 7.99. The highest BCUT2D eigenvalue weighted by Gasteiger charge is 2.33. The molecule has 2 aliphatic rings. The molecule has 3 rings (SSSR count). The van der Waals surface area contributed by atoms with Gasteiger partial charge in [0.1, 0.15) is 6.04 Å². The van der Waals surface area contributed by atoms with Crippen LogP contribution in [-0.2, 0) is 14.3 Å². The molecule has 2 aliphatic heterocycles. The van der Waals surface area contributed by atoms with E-state index in [0.29, 0.717) is 18.1 Å². The van der Waals surface area contributed by atoms with Crippen LogP contribution in [0.5, 0.6) is 0 Å². The van der Waals surface area contributed by atoms with E-state index >= 15 is 0 Å². The minimum absolute atomic E-state index is 0.0298. The first-order chi connectivity index (χ1) is 11.7. The van der Waals surface area contributed by atoms with Crippen molar-refractivity contribution in [1.82, 2.24) is 4.90 Å². The molecule has 0 bridgehead atoms. The standard InChI is InChI=1S/C17H23N3O3S/c1-2-16(21)20-12-24-11-15(20)17(22)18-13-4-3-5-14(10-13)19-6-8-23-9-7-19/h3-5,10,15H,2,6-9,11-12H2,1H3,(H,18,22). The molecule has 1 aromatic carbocycles. The molecule has 2 saturated heterocycles. The Morgan fingerprint density at radius 1 is 1.33 bits per heavy atom. The molecule has 0 saturated carbocycles. The summed E-state index contributed by atoms with van der Waals surface area (Å²) in [5, 5.41) is 2.97. The summed E-state index contributed by atoms with van der Waals surface area (Å²) >= 11 is 1.62. The molecule has 130 valence electrons. The van der Waals surface area contributed by atoms with Crippen LogP contribution in [0.1, 0.15) is 13.3 Å². The van der Waals surface area contributed by atoms with Crippen LogP contribution in [0.3, 0.4) is 0 Å². The van der Waals surface area contributed by atoms with E-state index in [0.717, 1.165) is 37.7 Å². The second-order valence-corrected chi connectivity index (χ2v) is 6.87. The summed E-state index contributed by atoms with van der Waals surface area (Å²) in [7, 11) is 0. The molecule has 1 atom stereocenters. The van der Waals surface area contributed by atoms with Crippen LogP contribution >= 0.6 is 11.8 Å². The first-order valence-electron chi connectivity index (χ1n) is 8.30. The third kappa shape index (κ3) is 3.84. The summed E-state index contributed by atoms with van der Waals surface area (Å²) in [6.07, 6.45) is 0.427. The molecule has 2 fully saturated rings. The zero-order valence-electron chi connectivity index (χ0n) is 13.9. The van der Waals surface area contributed by atoms with Gasteiger partial charge in [-0.15, -0.1) is 11.8 Å². The average molecular weight is 349 g/mol. The fourth-order valence-electron chi connectivity index (χ4n) is 2.94. The number of morpholine rings is 1. The first-order valence-corrected chi connectivity index (χ1v) is 9.45. The van der Waals surface area contributed by atoms with Gasteiger partial charge in [0, 0.05) is 36.6 Å². The molecular weight excluding hydrogens is 326 g/mol. The third-order valence-electron chi connectivity index (χ3n) is 4.30. The van der Waals surface area contributed by atoms with Gasteiger partial charge in [-0.05, 0) is 18.2 Å². The minimum atomic E-state index is -0.380. The molecule has 0 aromatic heterocycles. The summed E-state index contributed by atoms with van der Waals surface area (Å²) in [6, 6.07) is 7.47. The quantitative estimate of drug-likeness (QED) is 0.898. The smallest absolute Gasteiger partial charge is 0.248 e. The Kier molecular flexibility index (Phi) is 5.63. The maximum Gasteiger partial charge on any atom is 0.248 e. The van der Waals surface area contributed by atoms with Crippen molar-refractivity contribution in [2.45, 2.75) is 19.4 Å². The third-order valence-corrected chi connectivity index (χ3v) is 5.31. The van der Waals surface area contributed by atoms with Gasteiger partial charge >= 0.3 is 0 Å². The number of anilines is 2. The number of nitrogens with one attached hydrogen (secondary N) is 1. The number of benzene rings is 1. The van der Waals surface area contributed by atoms with Gasteiger partial charge in [-0.25, -0.2) is 0 Å². The predicted molar refractivity (Wildman–Crippen MR) is 96.4 cm³/mol. The number of carbonyl (C=O) groups excluding carboxylic acids is 2. The summed E-state index contributed by atoms with van der Waals surface area (Å²) in [5.74, 6) is 1.17. The molecule has 0 spiro atoms. The van der Waals surface area contributed by atoms with Crippen molar-refractivity contribution >= 4 is 35.0 Å². The van der Waals surface area contributed by atoms with Gasteiger partial charge in [0.05, 0.1) is 19.1 Å². The van der Waals surface area contributed by atoms with E-state index in [2.05, 4.69) is 10.2 Å². The van der Waals surface area contributed by atoms with Gasteiger partial charge in [-0.3, -0.25) is 9.59 Å². The van der Waals surface area contributed by atoms with Gasteiger partial charge in [0.15, 0.2) is 0 Å². The van der Waals surface area contributed by atoms with E-state index in [-0.39, 0.29) is 17.9 Å². The van der Waals surface area contributed by atoms with Gasteiger partial charge in [0.25, 0.3) is 0 Å². The van der Waals surface area contributed by atoms with Crippen LogP contribution < -0.4 is 10.2 Å². The number of hydrogen-bond acceptors (Lipinski definition) is 5. The molecule has 24 heavy (non-hydrogen) atoms. The van der Waals surface area contributed by atoms with Crippen LogP contribution in [0.25, 0.3) is 0 Å². The molecule has 6 nitrogen and oxygen atoms in total. The topological polar surface area (TPSA) is 61.9 Å². The SMILES string of the molecule is CCC(=O)N1CSCC1C(=O)Nc1cccc(N2CCOCC2)c1. The van der Waals surface area contributed by atoms with E-state index in [1.165, 1.54) is 0 Å². The maximum absolute atomic E-state index is 12.6. The normalized spacial score (nSPS) is 21.0. The average Bonchev–Trinajstić information content (AvgIpc) is 3.12. The molecule has 7 heteroatoms. The Labute approximate surface area is 146 Å². The number of carbonyl (C=O) groups is 2. The monoisotopic (exact) mass is 349 g/mol. The number of thioether (sulfide) groups is 1. The molecule has 2 amide bonds. The lowest BCUT2D eigenvalue weighted by Gasteiger charge is -2.29. The fourth-order valence-corrected chi connectivity index (χ4v) is 4.12. The highest BCUT2D eigenvalue weighted by atomic mass is 32.2. The summed E-state index contributed by atoms with van der Waals surface area (Å²) < 4.78 is 5.38. The second kappa shape index (κ2) is 7.90. The van der Waals surface area contributed by atoms with Crippen molar-refractivity contribution in [3.05, 3.63) is 24.3 Å². The van der Waals surface area contributed by atoms with Crippen molar-refractivity contribution in [2.75, 3.05) is 48.1 Å². The Bertz CT molecular complexity index is 604. The lowest BCUT2D eigenvalue weighted by Crippen LogP contribution is -2.44. The molecule has 1 unspecified atom stereocenters. The van der Waals surface area contributed by atoms with Crippen LogP contribution in [0.15, 0.2) is 24.3 Å². The predicted octanol–water partition coefficient (Wildman–Crippen LogP) is 1.77. The largest absolute Gasteiger partial charge is 0.378 e. The Morgan fingerprint density at radius 2 is 2.12 bits per heavy atom. The Hall–Kier alpha value is -1.73. The molecule has 0 aliphatic carbocycles.